The summed E-state index contributed by atoms with van der Waals surface area (Å²) in [6.07, 6.45) is 0. The number of benzene rings is 1. The fraction of sp³-hybridized carbons (Fsp3) is 0.250. The maximum absolute atomic E-state index is 12.9. The molecular formula is C8H7BrF2O. The van der Waals surface area contributed by atoms with E-state index in [0.29, 0.717) is 4.47 Å². The fourth-order valence-electron chi connectivity index (χ4n) is 0.843. The summed E-state index contributed by atoms with van der Waals surface area (Å²) in [7, 11) is 0. The van der Waals surface area contributed by atoms with Crippen LogP contribution in [0, 0.1) is 0 Å². The van der Waals surface area contributed by atoms with Gasteiger partial charge in [0.2, 0.25) is 0 Å². The minimum atomic E-state index is -3.17. The summed E-state index contributed by atoms with van der Waals surface area (Å²) in [6.45, 7) is -1.17. The van der Waals surface area contributed by atoms with Crippen LogP contribution in [0.25, 0.3) is 0 Å². The second-order valence-corrected chi connectivity index (χ2v) is 3.20. The summed E-state index contributed by atoms with van der Waals surface area (Å²) in [6, 6.07) is 5.93. The lowest BCUT2D eigenvalue weighted by Gasteiger charge is -2.14. The van der Waals surface area contributed by atoms with Crippen molar-refractivity contribution in [2.24, 2.45) is 0 Å². The molecule has 66 valence electrons. The second kappa shape index (κ2) is 3.49. The molecule has 0 fully saturated rings. The van der Waals surface area contributed by atoms with Crippen molar-refractivity contribution in [3.05, 3.63) is 34.3 Å². The van der Waals surface area contributed by atoms with E-state index < -0.39 is 12.5 Å². The van der Waals surface area contributed by atoms with Gasteiger partial charge >= 0.3 is 0 Å². The number of hydrogen-bond acceptors (Lipinski definition) is 1. The van der Waals surface area contributed by atoms with Gasteiger partial charge in [-0.25, -0.2) is 0 Å². The highest BCUT2D eigenvalue weighted by molar-refractivity contribution is 9.10. The molecule has 1 aromatic carbocycles. The van der Waals surface area contributed by atoms with Gasteiger partial charge in [-0.1, -0.05) is 34.1 Å². The van der Waals surface area contributed by atoms with Gasteiger partial charge in [0.15, 0.2) is 0 Å². The molecule has 0 radical (unpaired) electrons. The Morgan fingerprint density at radius 1 is 1.33 bits per heavy atom. The van der Waals surface area contributed by atoms with Crippen LogP contribution in [0.1, 0.15) is 5.56 Å². The summed E-state index contributed by atoms with van der Waals surface area (Å²) < 4.78 is 26.0. The smallest absolute Gasteiger partial charge is 0.296 e. The average Bonchev–Trinajstić information content (AvgIpc) is 2.05. The van der Waals surface area contributed by atoms with Crippen molar-refractivity contribution in [3.63, 3.8) is 0 Å². The van der Waals surface area contributed by atoms with Gasteiger partial charge in [-0.05, 0) is 6.07 Å². The quantitative estimate of drug-likeness (QED) is 0.837. The minimum absolute atomic E-state index is 0.187. The van der Waals surface area contributed by atoms with Crippen LogP contribution in [0.15, 0.2) is 28.7 Å². The third-order valence-electron chi connectivity index (χ3n) is 1.47. The van der Waals surface area contributed by atoms with Crippen molar-refractivity contribution >= 4 is 15.9 Å². The van der Waals surface area contributed by atoms with E-state index in [1.807, 2.05) is 0 Å². The van der Waals surface area contributed by atoms with Crippen LogP contribution in [0.5, 0.6) is 0 Å². The average molecular weight is 237 g/mol. The first-order valence-corrected chi connectivity index (χ1v) is 4.11. The lowest BCUT2D eigenvalue weighted by molar-refractivity contribution is -0.0562. The van der Waals surface area contributed by atoms with E-state index in [1.54, 1.807) is 6.07 Å². The second-order valence-electron chi connectivity index (χ2n) is 2.34. The van der Waals surface area contributed by atoms with Crippen molar-refractivity contribution in [2.45, 2.75) is 5.92 Å². The van der Waals surface area contributed by atoms with Crippen molar-refractivity contribution in [3.8, 4) is 0 Å². The third kappa shape index (κ3) is 1.81. The predicted molar refractivity (Wildman–Crippen MR) is 45.1 cm³/mol. The molecule has 0 amide bonds. The molecule has 0 aliphatic rings. The molecule has 0 heterocycles. The monoisotopic (exact) mass is 236 g/mol. The van der Waals surface area contributed by atoms with Gasteiger partial charge < -0.3 is 5.11 Å². The van der Waals surface area contributed by atoms with Crippen LogP contribution in [0.3, 0.4) is 0 Å². The van der Waals surface area contributed by atoms with Gasteiger partial charge in [-0.2, -0.15) is 8.78 Å². The molecule has 0 saturated carbocycles. The van der Waals surface area contributed by atoms with E-state index in [9.17, 15) is 8.78 Å². The van der Waals surface area contributed by atoms with Crippen LogP contribution in [-0.4, -0.2) is 11.7 Å². The minimum Gasteiger partial charge on any atom is -0.390 e. The molecule has 0 saturated heterocycles. The zero-order valence-electron chi connectivity index (χ0n) is 6.10. The zero-order valence-corrected chi connectivity index (χ0v) is 7.68. The molecule has 0 unspecified atom stereocenters. The van der Waals surface area contributed by atoms with E-state index in [4.69, 9.17) is 5.11 Å². The van der Waals surface area contributed by atoms with Gasteiger partial charge in [0.25, 0.3) is 5.92 Å². The Morgan fingerprint density at radius 2 is 1.92 bits per heavy atom. The van der Waals surface area contributed by atoms with Crippen LogP contribution in [0.4, 0.5) is 8.78 Å². The first-order valence-electron chi connectivity index (χ1n) is 3.31. The van der Waals surface area contributed by atoms with E-state index >= 15 is 0 Å². The molecule has 4 heteroatoms. The Labute approximate surface area is 77.2 Å². The predicted octanol–water partition coefficient (Wildman–Crippen LogP) is 2.53. The van der Waals surface area contributed by atoms with Crippen LogP contribution in [0.2, 0.25) is 0 Å². The van der Waals surface area contributed by atoms with E-state index in [0.717, 1.165) is 0 Å². The molecule has 1 aromatic rings. The first-order chi connectivity index (χ1) is 5.58. The number of rotatable bonds is 2. The SMILES string of the molecule is OCC(F)(F)c1ccccc1Br. The Morgan fingerprint density at radius 3 is 2.42 bits per heavy atom. The van der Waals surface area contributed by atoms with E-state index in [1.165, 1.54) is 18.2 Å². The maximum atomic E-state index is 12.9. The zero-order chi connectivity index (χ0) is 9.19. The lowest BCUT2D eigenvalue weighted by Crippen LogP contribution is -2.18. The van der Waals surface area contributed by atoms with Gasteiger partial charge in [0.1, 0.15) is 6.61 Å². The summed E-state index contributed by atoms with van der Waals surface area (Å²) in [4.78, 5) is 0. The molecule has 0 bridgehead atoms. The number of alkyl halides is 2. The summed E-state index contributed by atoms with van der Waals surface area (Å²) in [5.41, 5.74) is -0.187. The highest BCUT2D eigenvalue weighted by atomic mass is 79.9. The summed E-state index contributed by atoms with van der Waals surface area (Å²) >= 11 is 2.98. The molecule has 0 aliphatic carbocycles. The van der Waals surface area contributed by atoms with Crippen LogP contribution in [-0.2, 0) is 5.92 Å². The summed E-state index contributed by atoms with van der Waals surface area (Å²) in [5, 5.41) is 8.40. The normalized spacial score (nSPS) is 11.7. The number of aliphatic hydroxyl groups excluding tert-OH is 1. The standard InChI is InChI=1S/C8H7BrF2O/c9-7-4-2-1-3-6(7)8(10,11)5-12/h1-4,12H,5H2. The van der Waals surface area contributed by atoms with Gasteiger partial charge in [0, 0.05) is 10.0 Å². The first kappa shape index (κ1) is 9.61. The highest BCUT2D eigenvalue weighted by Gasteiger charge is 2.32. The van der Waals surface area contributed by atoms with E-state index in [2.05, 4.69) is 15.9 Å². The molecule has 0 aromatic heterocycles. The number of hydrogen-bond donors (Lipinski definition) is 1. The Bertz CT molecular complexity index is 276. The molecular weight excluding hydrogens is 230 g/mol. The maximum Gasteiger partial charge on any atom is 0.296 e. The van der Waals surface area contributed by atoms with E-state index in [-0.39, 0.29) is 5.56 Å². The lowest BCUT2D eigenvalue weighted by atomic mass is 10.1. The molecule has 0 aliphatic heterocycles. The topological polar surface area (TPSA) is 20.2 Å². The van der Waals surface area contributed by atoms with Gasteiger partial charge in [0.05, 0.1) is 0 Å². The largest absolute Gasteiger partial charge is 0.390 e. The molecule has 1 N–H and O–H groups in total. The molecule has 0 atom stereocenters. The molecule has 1 rings (SSSR count). The van der Waals surface area contributed by atoms with Crippen molar-refractivity contribution in [1.82, 2.24) is 0 Å². The van der Waals surface area contributed by atoms with Crippen molar-refractivity contribution in [2.75, 3.05) is 6.61 Å². The summed E-state index contributed by atoms with van der Waals surface area (Å²) in [5.74, 6) is -3.17. The Hall–Kier alpha value is -0.480. The molecule has 1 nitrogen and oxygen atoms in total. The van der Waals surface area contributed by atoms with Gasteiger partial charge in [-0.3, -0.25) is 0 Å². The Balaban J connectivity index is 3.10. The van der Waals surface area contributed by atoms with Crippen LogP contribution < -0.4 is 0 Å². The molecule has 12 heavy (non-hydrogen) atoms. The van der Waals surface area contributed by atoms with Crippen molar-refractivity contribution in [1.29, 1.82) is 0 Å². The van der Waals surface area contributed by atoms with Crippen molar-refractivity contribution < 1.29 is 13.9 Å². The van der Waals surface area contributed by atoms with Gasteiger partial charge in [-0.15, -0.1) is 0 Å². The highest BCUT2D eigenvalue weighted by Crippen LogP contribution is 2.32. The Kier molecular flexibility index (Phi) is 2.80. The molecule has 0 spiro atoms. The van der Waals surface area contributed by atoms with Crippen LogP contribution >= 0.6 is 15.9 Å². The third-order valence-corrected chi connectivity index (χ3v) is 2.16. The number of aliphatic hydroxyl groups is 1. The number of halogens is 3. The fourth-order valence-corrected chi connectivity index (χ4v) is 1.42.